The van der Waals surface area contributed by atoms with Crippen LogP contribution < -0.4 is 5.32 Å². The number of nitrogens with zero attached hydrogens (tertiary/aromatic N) is 2. The van der Waals surface area contributed by atoms with Crippen LogP contribution in [0.1, 0.15) is 34.3 Å². The van der Waals surface area contributed by atoms with Crippen molar-refractivity contribution < 1.29 is 14.3 Å². The first-order chi connectivity index (χ1) is 12.9. The summed E-state index contributed by atoms with van der Waals surface area (Å²) < 4.78 is 6.13. The van der Waals surface area contributed by atoms with E-state index in [-0.39, 0.29) is 23.5 Å². The Morgan fingerprint density at radius 2 is 1.93 bits per heavy atom. The first kappa shape index (κ1) is 18.4. The molecule has 6 heteroatoms. The van der Waals surface area contributed by atoms with E-state index in [0.29, 0.717) is 25.6 Å². The van der Waals surface area contributed by atoms with Gasteiger partial charge >= 0.3 is 0 Å². The lowest BCUT2D eigenvalue weighted by Gasteiger charge is -2.55. The largest absolute Gasteiger partial charge is 0.368 e. The molecule has 4 rings (SSSR count). The highest BCUT2D eigenvalue weighted by atomic mass is 16.5. The van der Waals surface area contributed by atoms with Gasteiger partial charge in [0.1, 0.15) is 11.6 Å². The summed E-state index contributed by atoms with van der Waals surface area (Å²) >= 11 is 0. The molecule has 27 heavy (non-hydrogen) atoms. The molecular weight excluding hydrogens is 342 g/mol. The van der Waals surface area contributed by atoms with Crippen LogP contribution in [0.5, 0.6) is 0 Å². The molecule has 146 valence electrons. The minimum Gasteiger partial charge on any atom is -0.368 e. The third-order valence-corrected chi connectivity index (χ3v) is 6.22. The maximum absolute atomic E-state index is 12.8. The van der Waals surface area contributed by atoms with Crippen LogP contribution in [0, 0.1) is 19.8 Å². The number of amides is 2. The van der Waals surface area contributed by atoms with Gasteiger partial charge in [0, 0.05) is 25.7 Å². The molecular formula is C21H29N3O3. The predicted octanol–water partition coefficient (Wildman–Crippen LogP) is 1.35. The first-order valence-electron chi connectivity index (χ1n) is 9.87. The summed E-state index contributed by atoms with van der Waals surface area (Å²) in [7, 11) is 1.68. The number of likely N-dealkylation sites (tertiary alicyclic amines) is 1. The summed E-state index contributed by atoms with van der Waals surface area (Å²) in [6.07, 6.45) is 2.50. The van der Waals surface area contributed by atoms with Gasteiger partial charge in [0.2, 0.25) is 5.91 Å². The van der Waals surface area contributed by atoms with Crippen LogP contribution in [0.4, 0.5) is 0 Å². The van der Waals surface area contributed by atoms with Crippen molar-refractivity contribution in [3.05, 3.63) is 34.9 Å². The third kappa shape index (κ3) is 3.60. The van der Waals surface area contributed by atoms with Crippen molar-refractivity contribution in [1.29, 1.82) is 0 Å². The Morgan fingerprint density at radius 1 is 1.19 bits per heavy atom. The lowest BCUT2D eigenvalue weighted by atomic mass is 9.89. The zero-order valence-electron chi connectivity index (χ0n) is 16.5. The maximum Gasteiger partial charge on any atom is 0.254 e. The van der Waals surface area contributed by atoms with Gasteiger partial charge in [-0.3, -0.25) is 14.5 Å². The number of carbonyl (C=O) groups is 2. The molecule has 0 radical (unpaired) electrons. The van der Waals surface area contributed by atoms with Crippen molar-refractivity contribution >= 4 is 11.8 Å². The molecule has 1 aromatic rings. The van der Waals surface area contributed by atoms with Gasteiger partial charge in [-0.1, -0.05) is 6.07 Å². The zero-order valence-corrected chi connectivity index (χ0v) is 16.5. The number of aryl methyl sites for hydroxylation is 2. The highest BCUT2D eigenvalue weighted by Crippen LogP contribution is 2.36. The standard InChI is InChI=1S/C21H29N3O3/c1-14-4-7-17(8-15(14)2)20(26)24-12-21(13-24)11-23(9-16-5-6-16)18(10-27-21)19(25)22-3/h4,7-8,16,18H,5-6,9-13H2,1-3H3,(H,22,25)/t18-/m1/s1. The molecule has 1 N–H and O–H groups in total. The van der Waals surface area contributed by atoms with Gasteiger partial charge < -0.3 is 15.0 Å². The third-order valence-electron chi connectivity index (χ3n) is 6.22. The van der Waals surface area contributed by atoms with Crippen molar-refractivity contribution in [3.63, 3.8) is 0 Å². The van der Waals surface area contributed by atoms with E-state index >= 15 is 0 Å². The van der Waals surface area contributed by atoms with Gasteiger partial charge in [-0.05, 0) is 55.9 Å². The normalized spacial score (nSPS) is 24.6. The van der Waals surface area contributed by atoms with Gasteiger partial charge in [-0.2, -0.15) is 0 Å². The van der Waals surface area contributed by atoms with Gasteiger partial charge in [-0.25, -0.2) is 0 Å². The summed E-state index contributed by atoms with van der Waals surface area (Å²) in [5.41, 5.74) is 2.74. The van der Waals surface area contributed by atoms with Crippen LogP contribution in [0.3, 0.4) is 0 Å². The van der Waals surface area contributed by atoms with Crippen LogP contribution in [0.2, 0.25) is 0 Å². The second-order valence-electron chi connectivity index (χ2n) is 8.46. The Bertz CT molecular complexity index is 753. The van der Waals surface area contributed by atoms with Gasteiger partial charge in [0.05, 0.1) is 19.7 Å². The number of hydrogen-bond acceptors (Lipinski definition) is 4. The quantitative estimate of drug-likeness (QED) is 0.868. The number of nitrogens with one attached hydrogen (secondary N) is 1. The fourth-order valence-electron chi connectivity index (χ4n) is 4.16. The Hall–Kier alpha value is -1.92. The molecule has 1 spiro atoms. The minimum atomic E-state index is -0.325. The zero-order chi connectivity index (χ0) is 19.2. The number of hydrogen-bond donors (Lipinski definition) is 1. The van der Waals surface area contributed by atoms with Crippen molar-refractivity contribution in [2.45, 2.75) is 38.3 Å². The monoisotopic (exact) mass is 371 g/mol. The minimum absolute atomic E-state index is 0.0212. The Labute approximate surface area is 160 Å². The highest BCUT2D eigenvalue weighted by Gasteiger charge is 2.52. The van der Waals surface area contributed by atoms with Gasteiger partial charge in [0.25, 0.3) is 5.91 Å². The number of carbonyl (C=O) groups excluding carboxylic acids is 2. The highest BCUT2D eigenvalue weighted by molar-refractivity contribution is 5.95. The van der Waals surface area contributed by atoms with E-state index in [0.717, 1.165) is 24.2 Å². The molecule has 2 amide bonds. The van der Waals surface area contributed by atoms with Gasteiger partial charge in [0.15, 0.2) is 0 Å². The number of morpholine rings is 1. The van der Waals surface area contributed by atoms with Crippen LogP contribution >= 0.6 is 0 Å². The van der Waals surface area contributed by atoms with E-state index < -0.39 is 0 Å². The molecule has 3 fully saturated rings. The van der Waals surface area contributed by atoms with Crippen LogP contribution in [-0.2, 0) is 9.53 Å². The second-order valence-corrected chi connectivity index (χ2v) is 8.46. The van der Waals surface area contributed by atoms with Crippen molar-refractivity contribution in [3.8, 4) is 0 Å². The van der Waals surface area contributed by atoms with E-state index in [9.17, 15) is 9.59 Å². The smallest absolute Gasteiger partial charge is 0.254 e. The predicted molar refractivity (Wildman–Crippen MR) is 103 cm³/mol. The number of rotatable bonds is 4. The molecule has 0 bridgehead atoms. The fourth-order valence-corrected chi connectivity index (χ4v) is 4.16. The molecule has 0 aromatic heterocycles. The average molecular weight is 371 g/mol. The molecule has 2 aliphatic heterocycles. The molecule has 1 aromatic carbocycles. The van der Waals surface area contributed by atoms with E-state index in [1.165, 1.54) is 18.4 Å². The molecule has 1 aliphatic carbocycles. The van der Waals surface area contributed by atoms with Crippen LogP contribution in [0.15, 0.2) is 18.2 Å². The Balaban J connectivity index is 1.41. The lowest BCUT2D eigenvalue weighted by Crippen LogP contribution is -2.73. The molecule has 1 atom stereocenters. The Kier molecular flexibility index (Phi) is 4.72. The topological polar surface area (TPSA) is 61.9 Å². The molecule has 2 heterocycles. The van der Waals surface area contributed by atoms with E-state index in [1.807, 2.05) is 30.0 Å². The lowest BCUT2D eigenvalue weighted by molar-refractivity contribution is -0.191. The second kappa shape index (κ2) is 6.91. The van der Waals surface area contributed by atoms with Gasteiger partial charge in [-0.15, -0.1) is 0 Å². The molecule has 2 saturated heterocycles. The number of likely N-dealkylation sites (N-methyl/N-ethyl adjacent to an activating group) is 1. The molecule has 6 nitrogen and oxygen atoms in total. The van der Waals surface area contributed by atoms with Crippen molar-refractivity contribution in [2.75, 3.05) is 39.8 Å². The molecule has 3 aliphatic rings. The van der Waals surface area contributed by atoms with Crippen molar-refractivity contribution in [2.24, 2.45) is 5.92 Å². The Morgan fingerprint density at radius 3 is 2.56 bits per heavy atom. The van der Waals surface area contributed by atoms with E-state index in [4.69, 9.17) is 4.74 Å². The summed E-state index contributed by atoms with van der Waals surface area (Å²) in [5, 5.41) is 2.75. The van der Waals surface area contributed by atoms with Crippen LogP contribution in [-0.4, -0.2) is 73.1 Å². The summed E-state index contributed by atoms with van der Waals surface area (Å²) in [6.45, 7) is 7.35. The summed E-state index contributed by atoms with van der Waals surface area (Å²) in [5.74, 6) is 0.794. The van der Waals surface area contributed by atoms with E-state index in [2.05, 4.69) is 17.1 Å². The summed E-state index contributed by atoms with van der Waals surface area (Å²) in [6, 6.07) is 5.65. The SMILES string of the molecule is CNC(=O)[C@H]1COC2(CN(C(=O)c3ccc(C)c(C)c3)C2)CN1CC1CC1. The molecule has 1 saturated carbocycles. The van der Waals surface area contributed by atoms with E-state index in [1.54, 1.807) is 7.05 Å². The number of ether oxygens (including phenoxy) is 1. The van der Waals surface area contributed by atoms with Crippen LogP contribution in [0.25, 0.3) is 0 Å². The average Bonchev–Trinajstić information content (AvgIpc) is 3.44. The maximum atomic E-state index is 12.8. The summed E-state index contributed by atoms with van der Waals surface area (Å²) in [4.78, 5) is 29.1. The molecule has 0 unspecified atom stereocenters. The number of benzene rings is 1. The van der Waals surface area contributed by atoms with Crippen molar-refractivity contribution in [1.82, 2.24) is 15.1 Å². The fraction of sp³-hybridized carbons (Fsp3) is 0.619. The first-order valence-corrected chi connectivity index (χ1v) is 9.87.